The number of halogens is 1. The Morgan fingerprint density at radius 1 is 1.30 bits per heavy atom. The van der Waals surface area contributed by atoms with Crippen LogP contribution in [0.25, 0.3) is 11.4 Å². The van der Waals surface area contributed by atoms with E-state index in [1.54, 1.807) is 26.1 Å². The van der Waals surface area contributed by atoms with Gasteiger partial charge in [0.2, 0.25) is 23.5 Å². The molecule has 0 aliphatic carbocycles. The molecule has 0 saturated carbocycles. The number of nitrogens with one attached hydrogen (secondary N) is 1. The highest BCUT2D eigenvalue weighted by atomic mass is 19.1. The van der Waals surface area contributed by atoms with Gasteiger partial charge in [-0.1, -0.05) is 17.3 Å². The Kier molecular flexibility index (Phi) is 6.30. The molecule has 146 valence electrons. The molecule has 0 unspecified atom stereocenters. The molecule has 0 aliphatic heterocycles. The molecule has 1 N–H and O–H groups in total. The summed E-state index contributed by atoms with van der Waals surface area (Å²) in [5.41, 5.74) is 0.693. The molecule has 1 heterocycles. The molecule has 0 radical (unpaired) electrons. The standard InChI is InChI=1S/C19H25FN4O3/c1-12-6-7-13(10-14(12)20)18-21-16(27-23-18)8-9-17(26)24(5)11-15(25)22-19(2,3)4/h6-7,10H,8-9,11H2,1-5H3,(H,22,25). The first-order chi connectivity index (χ1) is 12.5. The lowest BCUT2D eigenvalue weighted by Crippen LogP contribution is -2.46. The average molecular weight is 376 g/mol. The van der Waals surface area contributed by atoms with Gasteiger partial charge in [0.15, 0.2) is 0 Å². The van der Waals surface area contributed by atoms with Crippen molar-refractivity contribution in [1.82, 2.24) is 20.4 Å². The summed E-state index contributed by atoms with van der Waals surface area (Å²) in [6.45, 7) is 7.28. The molecule has 2 rings (SSSR count). The van der Waals surface area contributed by atoms with Crippen molar-refractivity contribution < 1.29 is 18.5 Å². The molecule has 0 aliphatic rings. The van der Waals surface area contributed by atoms with Gasteiger partial charge in [-0.25, -0.2) is 4.39 Å². The molecule has 7 nitrogen and oxygen atoms in total. The lowest BCUT2D eigenvalue weighted by molar-refractivity contribution is -0.135. The van der Waals surface area contributed by atoms with Crippen LogP contribution in [0.2, 0.25) is 0 Å². The fourth-order valence-electron chi connectivity index (χ4n) is 2.37. The van der Waals surface area contributed by atoms with Crippen LogP contribution in [0.5, 0.6) is 0 Å². The fourth-order valence-corrected chi connectivity index (χ4v) is 2.37. The quantitative estimate of drug-likeness (QED) is 0.837. The zero-order chi connectivity index (χ0) is 20.2. The maximum Gasteiger partial charge on any atom is 0.240 e. The van der Waals surface area contributed by atoms with E-state index < -0.39 is 0 Å². The summed E-state index contributed by atoms with van der Waals surface area (Å²) in [6.07, 6.45) is 0.370. The van der Waals surface area contributed by atoms with Crippen LogP contribution >= 0.6 is 0 Å². The number of carbonyl (C=O) groups excluding carboxylic acids is 2. The van der Waals surface area contributed by atoms with E-state index in [9.17, 15) is 14.0 Å². The summed E-state index contributed by atoms with van der Waals surface area (Å²) in [7, 11) is 1.57. The van der Waals surface area contributed by atoms with Crippen molar-refractivity contribution in [2.75, 3.05) is 13.6 Å². The number of likely N-dealkylation sites (N-methyl/N-ethyl adjacent to an activating group) is 1. The molecule has 0 spiro atoms. The SMILES string of the molecule is Cc1ccc(-c2noc(CCC(=O)N(C)CC(=O)NC(C)(C)C)n2)cc1F. The minimum Gasteiger partial charge on any atom is -0.350 e. The Morgan fingerprint density at radius 2 is 2.00 bits per heavy atom. The Balaban J connectivity index is 1.89. The maximum atomic E-state index is 13.7. The Hall–Kier alpha value is -2.77. The lowest BCUT2D eigenvalue weighted by Gasteiger charge is -2.23. The number of hydrogen-bond donors (Lipinski definition) is 1. The third-order valence-electron chi connectivity index (χ3n) is 3.77. The average Bonchev–Trinajstić information content (AvgIpc) is 3.02. The molecule has 1 aromatic carbocycles. The number of hydrogen-bond acceptors (Lipinski definition) is 5. The highest BCUT2D eigenvalue weighted by molar-refractivity contribution is 5.85. The maximum absolute atomic E-state index is 13.7. The highest BCUT2D eigenvalue weighted by Crippen LogP contribution is 2.19. The van der Waals surface area contributed by atoms with Crippen molar-refractivity contribution >= 4 is 11.8 Å². The molecule has 0 fully saturated rings. The second-order valence-electron chi connectivity index (χ2n) is 7.52. The van der Waals surface area contributed by atoms with Gasteiger partial charge in [0.25, 0.3) is 0 Å². The Morgan fingerprint density at radius 3 is 2.63 bits per heavy atom. The normalized spacial score (nSPS) is 11.3. The van der Waals surface area contributed by atoms with E-state index in [-0.39, 0.29) is 54.3 Å². The van der Waals surface area contributed by atoms with Crippen molar-refractivity contribution in [2.45, 2.75) is 46.1 Å². The molecule has 2 aromatic rings. The predicted molar refractivity (Wildman–Crippen MR) is 98.3 cm³/mol. The molecule has 8 heteroatoms. The van der Waals surface area contributed by atoms with Crippen molar-refractivity contribution in [2.24, 2.45) is 0 Å². The topological polar surface area (TPSA) is 88.3 Å². The van der Waals surface area contributed by atoms with E-state index >= 15 is 0 Å². The molecule has 1 aromatic heterocycles. The van der Waals surface area contributed by atoms with E-state index in [1.165, 1.54) is 11.0 Å². The van der Waals surface area contributed by atoms with Crippen LogP contribution < -0.4 is 5.32 Å². The minimum absolute atomic E-state index is 0.0200. The van der Waals surface area contributed by atoms with Crippen LogP contribution in [-0.2, 0) is 16.0 Å². The van der Waals surface area contributed by atoms with Gasteiger partial charge >= 0.3 is 0 Å². The van der Waals surface area contributed by atoms with Crippen LogP contribution in [0, 0.1) is 12.7 Å². The van der Waals surface area contributed by atoms with Crippen molar-refractivity contribution in [3.8, 4) is 11.4 Å². The number of aryl methyl sites for hydroxylation is 2. The summed E-state index contributed by atoms with van der Waals surface area (Å²) in [5.74, 6) is -0.217. The number of rotatable bonds is 6. The Labute approximate surface area is 157 Å². The summed E-state index contributed by atoms with van der Waals surface area (Å²) in [6, 6.07) is 4.69. The molecular formula is C19H25FN4O3. The van der Waals surface area contributed by atoms with Crippen LogP contribution in [0.4, 0.5) is 4.39 Å². The zero-order valence-electron chi connectivity index (χ0n) is 16.3. The molecule has 0 saturated heterocycles. The van der Waals surface area contributed by atoms with Gasteiger partial charge in [0, 0.05) is 31.0 Å². The second-order valence-corrected chi connectivity index (χ2v) is 7.52. The summed E-state index contributed by atoms with van der Waals surface area (Å²) in [5, 5.41) is 6.63. The molecule has 27 heavy (non-hydrogen) atoms. The molecule has 2 amide bonds. The van der Waals surface area contributed by atoms with Crippen molar-refractivity contribution in [3.05, 3.63) is 35.5 Å². The number of carbonyl (C=O) groups is 2. The first-order valence-corrected chi connectivity index (χ1v) is 8.69. The van der Waals surface area contributed by atoms with Gasteiger partial charge in [-0.15, -0.1) is 0 Å². The monoisotopic (exact) mass is 376 g/mol. The van der Waals surface area contributed by atoms with Gasteiger partial charge < -0.3 is 14.7 Å². The van der Waals surface area contributed by atoms with Crippen LogP contribution in [-0.4, -0.2) is 46.0 Å². The third kappa shape index (κ3) is 6.16. The fraction of sp³-hybridized carbons (Fsp3) is 0.474. The minimum atomic E-state index is -0.351. The van der Waals surface area contributed by atoms with Gasteiger partial charge in [-0.3, -0.25) is 9.59 Å². The summed E-state index contributed by atoms with van der Waals surface area (Å²) >= 11 is 0. The first-order valence-electron chi connectivity index (χ1n) is 8.69. The van der Waals surface area contributed by atoms with E-state index in [1.807, 2.05) is 20.8 Å². The number of nitrogens with zero attached hydrogens (tertiary/aromatic N) is 3. The third-order valence-corrected chi connectivity index (χ3v) is 3.77. The molecule has 0 atom stereocenters. The second kappa shape index (κ2) is 8.28. The van der Waals surface area contributed by atoms with E-state index in [0.29, 0.717) is 11.1 Å². The number of aromatic nitrogens is 2. The van der Waals surface area contributed by atoms with E-state index in [0.717, 1.165) is 0 Å². The number of amides is 2. The van der Waals surface area contributed by atoms with E-state index in [2.05, 4.69) is 15.5 Å². The molecular weight excluding hydrogens is 351 g/mol. The van der Waals surface area contributed by atoms with Crippen LogP contribution in [0.15, 0.2) is 22.7 Å². The van der Waals surface area contributed by atoms with Gasteiger partial charge in [-0.05, 0) is 39.3 Å². The van der Waals surface area contributed by atoms with Gasteiger partial charge in [-0.2, -0.15) is 4.98 Å². The smallest absolute Gasteiger partial charge is 0.240 e. The van der Waals surface area contributed by atoms with Gasteiger partial charge in [0.05, 0.1) is 6.54 Å². The van der Waals surface area contributed by atoms with Crippen molar-refractivity contribution in [3.63, 3.8) is 0 Å². The number of benzene rings is 1. The Bertz CT molecular complexity index is 827. The van der Waals surface area contributed by atoms with Crippen LogP contribution in [0.1, 0.15) is 38.6 Å². The largest absolute Gasteiger partial charge is 0.350 e. The van der Waals surface area contributed by atoms with Crippen molar-refractivity contribution in [1.29, 1.82) is 0 Å². The zero-order valence-corrected chi connectivity index (χ0v) is 16.3. The molecule has 0 bridgehead atoms. The first kappa shape index (κ1) is 20.5. The van der Waals surface area contributed by atoms with Gasteiger partial charge in [0.1, 0.15) is 5.82 Å². The predicted octanol–water partition coefficient (Wildman–Crippen LogP) is 2.49. The van der Waals surface area contributed by atoms with E-state index in [4.69, 9.17) is 4.52 Å². The summed E-state index contributed by atoms with van der Waals surface area (Å²) < 4.78 is 18.8. The lowest BCUT2D eigenvalue weighted by atomic mass is 10.1. The van der Waals surface area contributed by atoms with Crippen LogP contribution in [0.3, 0.4) is 0 Å². The highest BCUT2D eigenvalue weighted by Gasteiger charge is 2.18. The summed E-state index contributed by atoms with van der Waals surface area (Å²) in [4.78, 5) is 29.6.